The Bertz CT molecular complexity index is 129. The van der Waals surface area contributed by atoms with E-state index in [0.29, 0.717) is 0 Å². The van der Waals surface area contributed by atoms with Gasteiger partial charge in [-0.3, -0.25) is 5.41 Å². The zero-order chi connectivity index (χ0) is 7.28. The van der Waals surface area contributed by atoms with Gasteiger partial charge in [-0.25, -0.2) is 0 Å². The largest absolute Gasteiger partial charge is 0.481 e. The summed E-state index contributed by atoms with van der Waals surface area (Å²) in [6, 6.07) is 0. The lowest BCUT2D eigenvalue weighted by Gasteiger charge is -1.99. The highest BCUT2D eigenvalue weighted by Crippen LogP contribution is 1.91. The van der Waals surface area contributed by atoms with Gasteiger partial charge in [-0.2, -0.15) is 0 Å². The molecule has 0 bridgehead atoms. The Morgan fingerprint density at radius 3 is 2.56 bits per heavy atom. The fraction of sp³-hybridized carbons (Fsp3) is 0.500. The van der Waals surface area contributed by atoms with Crippen LogP contribution in [0.3, 0.4) is 0 Å². The van der Waals surface area contributed by atoms with Crippen LogP contribution >= 0.6 is 0 Å². The van der Waals surface area contributed by atoms with Gasteiger partial charge in [0.2, 0.25) is 5.90 Å². The molecule has 0 heterocycles. The molecule has 0 aromatic rings. The predicted molar refractivity (Wildman–Crippen MR) is 37.6 cm³/mol. The molecule has 0 amide bonds. The summed E-state index contributed by atoms with van der Waals surface area (Å²) < 4.78 is 4.64. The lowest BCUT2D eigenvalue weighted by molar-refractivity contribution is 0.399. The molecule has 0 aliphatic heterocycles. The molecule has 52 valence electrons. The van der Waals surface area contributed by atoms with Gasteiger partial charge in [-0.1, -0.05) is 0 Å². The van der Waals surface area contributed by atoms with Crippen molar-refractivity contribution in [1.82, 2.24) is 5.32 Å². The molecule has 0 rings (SSSR count). The fourth-order valence-electron chi connectivity index (χ4n) is 0.443. The molecular weight excluding hydrogens is 116 g/mol. The zero-order valence-corrected chi connectivity index (χ0v) is 5.99. The van der Waals surface area contributed by atoms with E-state index in [9.17, 15) is 0 Å². The molecule has 0 spiro atoms. The number of ether oxygens (including phenoxy) is 1. The van der Waals surface area contributed by atoms with E-state index < -0.39 is 0 Å². The Labute approximate surface area is 55.2 Å². The van der Waals surface area contributed by atoms with E-state index in [1.807, 2.05) is 6.92 Å². The van der Waals surface area contributed by atoms with Crippen LogP contribution < -0.4 is 5.32 Å². The van der Waals surface area contributed by atoms with Crippen LogP contribution in [0.4, 0.5) is 0 Å². The second-order valence-corrected chi connectivity index (χ2v) is 1.65. The van der Waals surface area contributed by atoms with Crippen molar-refractivity contribution in [2.24, 2.45) is 0 Å². The first kappa shape index (κ1) is 8.01. The second kappa shape index (κ2) is 3.95. The number of hydrogen-bond acceptors (Lipinski definition) is 3. The molecule has 0 fully saturated rings. The Balaban J connectivity index is 3.86. The lowest BCUT2D eigenvalue weighted by Crippen LogP contribution is -2.04. The molecule has 9 heavy (non-hydrogen) atoms. The predicted octanol–water partition coefficient (Wildman–Crippen LogP) is 0.733. The molecule has 0 atom stereocenters. The van der Waals surface area contributed by atoms with Gasteiger partial charge in [-0.15, -0.1) is 0 Å². The Kier molecular flexibility index (Phi) is 3.51. The van der Waals surface area contributed by atoms with Crippen LogP contribution in [0.5, 0.6) is 0 Å². The van der Waals surface area contributed by atoms with E-state index in [1.165, 1.54) is 7.11 Å². The molecular formula is C6H12N2O. The first-order valence-electron chi connectivity index (χ1n) is 2.69. The molecule has 2 N–H and O–H groups in total. The average molecular weight is 128 g/mol. The molecule has 0 unspecified atom stereocenters. The SMILES string of the molecule is CN/C=C(\C)C(=N)OC. The standard InChI is InChI=1S/C6H12N2O/c1-5(4-8-2)6(7)9-3/h4,7-8H,1-3H3/b5-4+,7-6?. The molecule has 0 aromatic heterocycles. The third kappa shape index (κ3) is 2.74. The van der Waals surface area contributed by atoms with Crippen LogP contribution in [-0.2, 0) is 4.74 Å². The number of rotatable bonds is 2. The fourth-order valence-corrected chi connectivity index (χ4v) is 0.443. The van der Waals surface area contributed by atoms with Crippen LogP contribution in [0.25, 0.3) is 0 Å². The Hall–Kier alpha value is -0.990. The van der Waals surface area contributed by atoms with E-state index in [-0.39, 0.29) is 5.90 Å². The van der Waals surface area contributed by atoms with E-state index in [0.717, 1.165) is 5.57 Å². The van der Waals surface area contributed by atoms with E-state index >= 15 is 0 Å². The highest BCUT2D eigenvalue weighted by Gasteiger charge is 1.94. The van der Waals surface area contributed by atoms with Crippen molar-refractivity contribution < 1.29 is 4.74 Å². The van der Waals surface area contributed by atoms with Crippen LogP contribution in [-0.4, -0.2) is 20.1 Å². The van der Waals surface area contributed by atoms with Crippen LogP contribution in [0, 0.1) is 5.41 Å². The summed E-state index contributed by atoms with van der Waals surface area (Å²) in [4.78, 5) is 0. The summed E-state index contributed by atoms with van der Waals surface area (Å²) in [5.41, 5.74) is 0.792. The maximum absolute atomic E-state index is 7.12. The molecule has 3 heteroatoms. The van der Waals surface area contributed by atoms with Crippen molar-refractivity contribution in [3.8, 4) is 0 Å². The molecule has 0 saturated heterocycles. The van der Waals surface area contributed by atoms with Crippen molar-refractivity contribution in [1.29, 1.82) is 5.41 Å². The van der Waals surface area contributed by atoms with Crippen LogP contribution in [0.15, 0.2) is 11.8 Å². The first-order valence-corrected chi connectivity index (χ1v) is 2.69. The third-order valence-corrected chi connectivity index (χ3v) is 0.923. The third-order valence-electron chi connectivity index (χ3n) is 0.923. The van der Waals surface area contributed by atoms with E-state index in [4.69, 9.17) is 5.41 Å². The van der Waals surface area contributed by atoms with Gasteiger partial charge in [0.05, 0.1) is 7.11 Å². The lowest BCUT2D eigenvalue weighted by atomic mass is 10.3. The van der Waals surface area contributed by atoms with Gasteiger partial charge < -0.3 is 10.1 Å². The normalized spacial score (nSPS) is 10.8. The number of nitrogens with one attached hydrogen (secondary N) is 2. The Morgan fingerprint density at radius 2 is 2.22 bits per heavy atom. The van der Waals surface area contributed by atoms with Gasteiger partial charge in [0.25, 0.3) is 0 Å². The smallest absolute Gasteiger partial charge is 0.209 e. The van der Waals surface area contributed by atoms with Gasteiger partial charge in [-0.05, 0) is 6.92 Å². The van der Waals surface area contributed by atoms with Crippen molar-refractivity contribution in [2.75, 3.05) is 14.2 Å². The summed E-state index contributed by atoms with van der Waals surface area (Å²) in [6.45, 7) is 1.81. The Morgan fingerprint density at radius 1 is 1.67 bits per heavy atom. The maximum atomic E-state index is 7.12. The summed E-state index contributed by atoms with van der Waals surface area (Å²) in [6.07, 6.45) is 1.71. The molecule has 0 saturated carbocycles. The summed E-state index contributed by atoms with van der Waals surface area (Å²) in [5, 5.41) is 9.92. The molecule has 0 radical (unpaired) electrons. The van der Waals surface area contributed by atoms with Gasteiger partial charge in [0, 0.05) is 18.8 Å². The number of methoxy groups -OCH3 is 1. The second-order valence-electron chi connectivity index (χ2n) is 1.65. The topological polar surface area (TPSA) is 45.1 Å². The van der Waals surface area contributed by atoms with Crippen LogP contribution in [0.1, 0.15) is 6.92 Å². The molecule has 3 nitrogen and oxygen atoms in total. The van der Waals surface area contributed by atoms with Crippen molar-refractivity contribution in [3.05, 3.63) is 11.8 Å². The van der Waals surface area contributed by atoms with Crippen molar-refractivity contribution in [3.63, 3.8) is 0 Å². The summed E-state index contributed by atoms with van der Waals surface area (Å²) in [7, 11) is 3.27. The maximum Gasteiger partial charge on any atom is 0.209 e. The quantitative estimate of drug-likeness (QED) is 0.425. The average Bonchev–Trinajstić information content (AvgIpc) is 1.87. The molecule has 0 aromatic carbocycles. The minimum atomic E-state index is 0.198. The van der Waals surface area contributed by atoms with Gasteiger partial charge >= 0.3 is 0 Å². The van der Waals surface area contributed by atoms with Gasteiger partial charge in [0.15, 0.2) is 0 Å². The van der Waals surface area contributed by atoms with Gasteiger partial charge in [0.1, 0.15) is 0 Å². The summed E-state index contributed by atoms with van der Waals surface area (Å²) in [5.74, 6) is 0.198. The minimum absolute atomic E-state index is 0.198. The van der Waals surface area contributed by atoms with Crippen LogP contribution in [0.2, 0.25) is 0 Å². The first-order chi connectivity index (χ1) is 4.22. The molecule has 0 aliphatic rings. The zero-order valence-electron chi connectivity index (χ0n) is 5.99. The highest BCUT2D eigenvalue weighted by molar-refractivity contribution is 5.89. The number of hydrogen-bond donors (Lipinski definition) is 2. The van der Waals surface area contributed by atoms with Crippen molar-refractivity contribution in [2.45, 2.75) is 6.92 Å². The highest BCUT2D eigenvalue weighted by atomic mass is 16.5. The van der Waals surface area contributed by atoms with Crippen molar-refractivity contribution >= 4 is 5.90 Å². The summed E-state index contributed by atoms with van der Waals surface area (Å²) >= 11 is 0. The minimum Gasteiger partial charge on any atom is -0.481 e. The molecule has 0 aliphatic carbocycles. The van der Waals surface area contributed by atoms with E-state index in [1.54, 1.807) is 13.2 Å². The monoisotopic (exact) mass is 128 g/mol. The van der Waals surface area contributed by atoms with E-state index in [2.05, 4.69) is 10.1 Å².